The second-order valence-electron chi connectivity index (χ2n) is 7.73. The third kappa shape index (κ3) is 5.14. The average molecular weight is 457 g/mol. The third-order valence-electron chi connectivity index (χ3n) is 5.09. The smallest absolute Gasteiger partial charge is 0.270 e. The lowest BCUT2D eigenvalue weighted by Gasteiger charge is -2.29. The van der Waals surface area contributed by atoms with Crippen molar-refractivity contribution in [2.45, 2.75) is 46.1 Å². The van der Waals surface area contributed by atoms with E-state index in [1.165, 1.54) is 11.0 Å². The zero-order valence-electron chi connectivity index (χ0n) is 17.9. The summed E-state index contributed by atoms with van der Waals surface area (Å²) in [5, 5.41) is 3.06. The number of nitrogens with one attached hydrogen (secondary N) is 1. The van der Waals surface area contributed by atoms with Crippen LogP contribution in [0.5, 0.6) is 5.75 Å². The number of carbonyl (C=O) groups excluding carboxylic acids is 2. The molecule has 0 radical (unpaired) electrons. The number of thiocarbonyl (C=S) groups is 1. The van der Waals surface area contributed by atoms with E-state index in [0.29, 0.717) is 27.9 Å². The number of anilines is 1. The van der Waals surface area contributed by atoms with Gasteiger partial charge in [-0.05, 0) is 72.9 Å². The predicted octanol–water partition coefficient (Wildman–Crippen LogP) is 5.47. The Hall–Kier alpha value is -2.70. The molecule has 3 rings (SSSR count). The van der Waals surface area contributed by atoms with Crippen molar-refractivity contribution in [3.63, 3.8) is 0 Å². The molecule has 0 aromatic heterocycles. The first kappa shape index (κ1) is 23.0. The van der Waals surface area contributed by atoms with Crippen LogP contribution in [-0.4, -0.2) is 23.0 Å². The number of amides is 2. The van der Waals surface area contributed by atoms with Gasteiger partial charge in [-0.1, -0.05) is 50.6 Å². The van der Waals surface area contributed by atoms with Crippen molar-refractivity contribution < 1.29 is 14.3 Å². The van der Waals surface area contributed by atoms with Crippen LogP contribution in [-0.2, 0) is 9.59 Å². The van der Waals surface area contributed by atoms with E-state index in [-0.39, 0.29) is 16.8 Å². The first-order chi connectivity index (χ1) is 14.7. The highest BCUT2D eigenvalue weighted by Gasteiger charge is 2.34. The van der Waals surface area contributed by atoms with E-state index in [2.05, 4.69) is 19.2 Å². The molecule has 2 aromatic carbocycles. The molecule has 1 aliphatic heterocycles. The van der Waals surface area contributed by atoms with Crippen molar-refractivity contribution in [1.29, 1.82) is 0 Å². The highest BCUT2D eigenvalue weighted by molar-refractivity contribution is 7.80. The van der Waals surface area contributed by atoms with Gasteiger partial charge in [0, 0.05) is 0 Å². The summed E-state index contributed by atoms with van der Waals surface area (Å²) in [7, 11) is 0. The highest BCUT2D eigenvalue weighted by atomic mass is 35.5. The van der Waals surface area contributed by atoms with Gasteiger partial charge < -0.3 is 4.74 Å². The molecule has 5 nitrogen and oxygen atoms in total. The monoisotopic (exact) mass is 456 g/mol. The van der Waals surface area contributed by atoms with Crippen LogP contribution in [0.4, 0.5) is 5.69 Å². The maximum Gasteiger partial charge on any atom is 0.270 e. The van der Waals surface area contributed by atoms with E-state index in [1.807, 2.05) is 38.1 Å². The summed E-state index contributed by atoms with van der Waals surface area (Å²) in [4.78, 5) is 27.0. The Morgan fingerprint density at radius 2 is 1.81 bits per heavy atom. The number of hydrogen-bond acceptors (Lipinski definition) is 4. The van der Waals surface area contributed by atoms with E-state index < -0.39 is 11.8 Å². The lowest BCUT2D eigenvalue weighted by atomic mass is 10.0. The standard InChI is InChI=1S/C24H25ClN2O3S/c1-5-15(4)30-21-11-6-16(13-20(21)25)12-19-22(28)26-24(31)27(23(19)29)18-9-7-17(8-10-18)14(2)3/h6-15H,5H2,1-4H3,(H,26,28,31)/b19-12+/t15-/m0/s1. The first-order valence-corrected chi connectivity index (χ1v) is 11.0. The molecule has 1 saturated heterocycles. The van der Waals surface area contributed by atoms with Crippen LogP contribution in [0, 0.1) is 0 Å². The number of hydrogen-bond donors (Lipinski definition) is 1. The second-order valence-corrected chi connectivity index (χ2v) is 8.52. The number of benzene rings is 2. The summed E-state index contributed by atoms with van der Waals surface area (Å²) >= 11 is 11.6. The molecule has 1 aliphatic rings. The maximum absolute atomic E-state index is 13.2. The predicted molar refractivity (Wildman–Crippen MR) is 129 cm³/mol. The van der Waals surface area contributed by atoms with Crippen molar-refractivity contribution in [3.8, 4) is 5.75 Å². The van der Waals surface area contributed by atoms with Gasteiger partial charge in [-0.2, -0.15) is 0 Å². The lowest BCUT2D eigenvalue weighted by molar-refractivity contribution is -0.122. The topological polar surface area (TPSA) is 58.6 Å². The van der Waals surface area contributed by atoms with Crippen LogP contribution < -0.4 is 15.0 Å². The Morgan fingerprint density at radius 3 is 2.39 bits per heavy atom. The van der Waals surface area contributed by atoms with Gasteiger partial charge in [-0.3, -0.25) is 19.8 Å². The highest BCUT2D eigenvalue weighted by Crippen LogP contribution is 2.29. The fourth-order valence-corrected chi connectivity index (χ4v) is 3.58. The second kappa shape index (κ2) is 9.62. The summed E-state index contributed by atoms with van der Waals surface area (Å²) in [5.74, 6) is -0.0981. The number of ether oxygens (including phenoxy) is 1. The average Bonchev–Trinajstić information content (AvgIpc) is 2.73. The van der Waals surface area contributed by atoms with Crippen LogP contribution in [0.2, 0.25) is 5.02 Å². The van der Waals surface area contributed by atoms with Gasteiger partial charge in [0.15, 0.2) is 5.11 Å². The molecule has 1 N–H and O–H groups in total. The molecule has 0 saturated carbocycles. The Kier molecular flexibility index (Phi) is 7.13. The quantitative estimate of drug-likeness (QED) is 0.355. The fourth-order valence-electron chi connectivity index (χ4n) is 3.07. The van der Waals surface area contributed by atoms with Crippen LogP contribution in [0.25, 0.3) is 6.08 Å². The summed E-state index contributed by atoms with van der Waals surface area (Å²) in [6, 6.07) is 12.7. The zero-order chi connectivity index (χ0) is 22.7. The number of carbonyl (C=O) groups is 2. The van der Waals surface area contributed by atoms with Gasteiger partial charge in [0.2, 0.25) is 0 Å². The van der Waals surface area contributed by atoms with Crippen LogP contribution in [0.3, 0.4) is 0 Å². The summed E-state index contributed by atoms with van der Waals surface area (Å²) < 4.78 is 5.77. The molecule has 1 atom stereocenters. The summed E-state index contributed by atoms with van der Waals surface area (Å²) in [6.07, 6.45) is 2.39. The molecule has 2 aromatic rings. The largest absolute Gasteiger partial charge is 0.489 e. The molecule has 1 heterocycles. The first-order valence-electron chi connectivity index (χ1n) is 10.2. The molecule has 1 fully saturated rings. The Bertz CT molecular complexity index is 1050. The van der Waals surface area contributed by atoms with E-state index in [9.17, 15) is 9.59 Å². The minimum Gasteiger partial charge on any atom is -0.489 e. The minimum atomic E-state index is -0.541. The molecule has 2 amide bonds. The van der Waals surface area contributed by atoms with E-state index >= 15 is 0 Å². The lowest BCUT2D eigenvalue weighted by Crippen LogP contribution is -2.54. The molecule has 162 valence electrons. The van der Waals surface area contributed by atoms with Gasteiger partial charge in [-0.15, -0.1) is 0 Å². The van der Waals surface area contributed by atoms with E-state index in [1.54, 1.807) is 18.2 Å². The Morgan fingerprint density at radius 1 is 1.13 bits per heavy atom. The fraction of sp³-hybridized carbons (Fsp3) is 0.292. The molecule has 0 unspecified atom stereocenters. The number of halogens is 1. The third-order valence-corrected chi connectivity index (χ3v) is 5.67. The summed E-state index contributed by atoms with van der Waals surface area (Å²) in [6.45, 7) is 8.17. The molecule has 0 bridgehead atoms. The number of rotatable bonds is 6. The van der Waals surface area contributed by atoms with Crippen molar-refractivity contribution in [2.75, 3.05) is 4.90 Å². The van der Waals surface area contributed by atoms with Crippen molar-refractivity contribution in [1.82, 2.24) is 5.32 Å². The van der Waals surface area contributed by atoms with Gasteiger partial charge in [-0.25, -0.2) is 0 Å². The molecular formula is C24H25ClN2O3S. The van der Waals surface area contributed by atoms with Crippen LogP contribution in [0.1, 0.15) is 51.2 Å². The van der Waals surface area contributed by atoms with Crippen molar-refractivity contribution in [3.05, 3.63) is 64.2 Å². The van der Waals surface area contributed by atoms with Gasteiger partial charge in [0.25, 0.3) is 11.8 Å². The van der Waals surface area contributed by atoms with Crippen molar-refractivity contribution >= 4 is 52.5 Å². The van der Waals surface area contributed by atoms with Crippen molar-refractivity contribution in [2.24, 2.45) is 0 Å². The minimum absolute atomic E-state index is 0.0202. The maximum atomic E-state index is 13.2. The molecule has 7 heteroatoms. The Balaban J connectivity index is 1.91. The zero-order valence-corrected chi connectivity index (χ0v) is 19.5. The van der Waals surface area contributed by atoms with E-state index in [4.69, 9.17) is 28.6 Å². The van der Waals surface area contributed by atoms with Gasteiger partial charge in [0.05, 0.1) is 16.8 Å². The van der Waals surface area contributed by atoms with Crippen LogP contribution >= 0.6 is 23.8 Å². The van der Waals surface area contributed by atoms with Gasteiger partial charge in [0.1, 0.15) is 11.3 Å². The Labute approximate surface area is 193 Å². The summed E-state index contributed by atoms with van der Waals surface area (Å²) in [5.41, 5.74) is 2.34. The SMILES string of the molecule is CC[C@H](C)Oc1ccc(/C=C2\C(=O)NC(=S)N(c3ccc(C(C)C)cc3)C2=O)cc1Cl. The van der Waals surface area contributed by atoms with Gasteiger partial charge >= 0.3 is 0 Å². The van der Waals surface area contributed by atoms with Crippen LogP contribution in [0.15, 0.2) is 48.0 Å². The van der Waals surface area contributed by atoms with E-state index in [0.717, 1.165) is 12.0 Å². The molecule has 0 aliphatic carbocycles. The number of nitrogens with zero attached hydrogens (tertiary/aromatic N) is 1. The molecule has 31 heavy (non-hydrogen) atoms. The normalized spacial score (nSPS) is 16.6. The molecular weight excluding hydrogens is 432 g/mol. The molecule has 0 spiro atoms.